The van der Waals surface area contributed by atoms with E-state index in [0.29, 0.717) is 28.2 Å². The average molecular weight is 459 g/mol. The molecule has 0 spiro atoms. The molecular weight excluding hydrogens is 442 g/mol. The Morgan fingerprint density at radius 2 is 2.00 bits per heavy atom. The average Bonchev–Trinajstić information content (AvgIpc) is 3.31. The minimum atomic E-state index is -4.70. The van der Waals surface area contributed by atoms with Gasteiger partial charge in [-0.05, 0) is 20.3 Å². The summed E-state index contributed by atoms with van der Waals surface area (Å²) in [6, 6.07) is 4.65. The number of hydrogen-bond donors (Lipinski definition) is 3. The van der Waals surface area contributed by atoms with Gasteiger partial charge < -0.3 is 14.9 Å². The molecule has 0 saturated carbocycles. The van der Waals surface area contributed by atoms with Gasteiger partial charge in [0.1, 0.15) is 12.7 Å². The number of fused-ring (bicyclic) bond motifs is 1. The van der Waals surface area contributed by atoms with Gasteiger partial charge in [0.25, 0.3) is 0 Å². The van der Waals surface area contributed by atoms with Crippen molar-refractivity contribution in [3.05, 3.63) is 53.3 Å². The van der Waals surface area contributed by atoms with Gasteiger partial charge >= 0.3 is 6.18 Å². The second-order valence-corrected chi connectivity index (χ2v) is 10.7. The number of H-pyrrole nitrogens is 2. The minimum absolute atomic E-state index is 0.0662. The summed E-state index contributed by atoms with van der Waals surface area (Å²) in [5, 5.41) is 10.2. The van der Waals surface area contributed by atoms with Gasteiger partial charge in [-0.25, -0.2) is 14.8 Å². The molecule has 164 valence electrons. The van der Waals surface area contributed by atoms with Crippen LogP contribution in [0.15, 0.2) is 30.6 Å². The van der Waals surface area contributed by atoms with Crippen LogP contribution >= 0.6 is 7.14 Å². The Labute approximate surface area is 180 Å². The lowest BCUT2D eigenvalue weighted by Crippen LogP contribution is -2.11. The third-order valence-corrected chi connectivity index (χ3v) is 6.29. The largest absolute Gasteiger partial charge is 0.419 e. The molecule has 12 heteroatoms. The first-order chi connectivity index (χ1) is 15.0. The van der Waals surface area contributed by atoms with Crippen LogP contribution in [-0.4, -0.2) is 38.5 Å². The first kappa shape index (κ1) is 21.6. The Hall–Kier alpha value is -3.64. The summed E-state index contributed by atoms with van der Waals surface area (Å²) in [6.45, 7) is 12.2. The fourth-order valence-electron chi connectivity index (χ4n) is 3.46. The third kappa shape index (κ3) is 3.85. The molecule has 0 aliphatic rings. The number of aryl methyl sites for hydroxylation is 1. The molecule has 0 aliphatic heterocycles. The lowest BCUT2D eigenvalue weighted by atomic mass is 10.1. The van der Waals surface area contributed by atoms with Crippen LogP contribution in [0.5, 0.6) is 0 Å². The van der Waals surface area contributed by atoms with Crippen LogP contribution in [0.2, 0.25) is 0 Å². The molecule has 8 nitrogen and oxygen atoms in total. The van der Waals surface area contributed by atoms with Crippen LogP contribution in [0, 0.1) is 13.5 Å². The molecule has 0 aliphatic carbocycles. The quantitative estimate of drug-likeness (QED) is 0.287. The zero-order valence-electron chi connectivity index (χ0n) is 17.2. The van der Waals surface area contributed by atoms with E-state index in [-0.39, 0.29) is 22.9 Å². The standard InChI is InChI=1S/C20H17F3N7OP/c1-10-7-15(30-29-10)27-19-26-9-13(20(21,22)23)16(28-19)12-8-25-17-11(12)5-6-14(24-2)18(17)32(3,4)31/h5-9,25H,1,3-4H3,(H2,26,27,28,29,30). The Kier molecular flexibility index (Phi) is 5.06. The van der Waals surface area contributed by atoms with Crippen molar-refractivity contribution in [2.75, 3.05) is 18.6 Å². The van der Waals surface area contributed by atoms with Crippen LogP contribution in [0.1, 0.15) is 11.3 Å². The van der Waals surface area contributed by atoms with Gasteiger partial charge in [0.2, 0.25) is 5.95 Å². The molecular formula is C20H17F3N7OP. The molecule has 0 bridgehead atoms. The van der Waals surface area contributed by atoms with Crippen molar-refractivity contribution in [3.63, 3.8) is 0 Å². The second kappa shape index (κ2) is 7.50. The van der Waals surface area contributed by atoms with Crippen LogP contribution in [0.3, 0.4) is 0 Å². The van der Waals surface area contributed by atoms with E-state index in [4.69, 9.17) is 6.57 Å². The Balaban J connectivity index is 1.94. The number of hydrogen-bond acceptors (Lipinski definition) is 5. The van der Waals surface area contributed by atoms with E-state index in [2.05, 4.69) is 35.3 Å². The second-order valence-electron chi connectivity index (χ2n) is 7.54. The molecule has 0 atom stereocenters. The number of aromatic amines is 2. The summed E-state index contributed by atoms with van der Waals surface area (Å²) < 4.78 is 54.2. The molecule has 0 radical (unpaired) electrons. The van der Waals surface area contributed by atoms with Crippen LogP contribution in [0.4, 0.5) is 30.6 Å². The van der Waals surface area contributed by atoms with Gasteiger partial charge in [0, 0.05) is 45.9 Å². The number of nitrogens with one attached hydrogen (secondary N) is 3. The van der Waals surface area contributed by atoms with Crippen molar-refractivity contribution < 1.29 is 17.7 Å². The lowest BCUT2D eigenvalue weighted by Gasteiger charge is -2.14. The van der Waals surface area contributed by atoms with E-state index >= 15 is 0 Å². The monoisotopic (exact) mass is 459 g/mol. The van der Waals surface area contributed by atoms with E-state index in [1.165, 1.54) is 31.7 Å². The Bertz CT molecular complexity index is 1430. The van der Waals surface area contributed by atoms with Crippen molar-refractivity contribution in [1.29, 1.82) is 0 Å². The molecule has 0 unspecified atom stereocenters. The van der Waals surface area contributed by atoms with Gasteiger partial charge in [0.05, 0.1) is 12.3 Å². The Morgan fingerprint density at radius 3 is 2.59 bits per heavy atom. The minimum Gasteiger partial charge on any atom is -0.361 e. The maximum Gasteiger partial charge on any atom is 0.419 e. The number of rotatable bonds is 4. The highest BCUT2D eigenvalue weighted by Crippen LogP contribution is 2.44. The number of aromatic nitrogens is 5. The summed E-state index contributed by atoms with van der Waals surface area (Å²) in [7, 11) is -2.92. The topological polar surface area (TPSA) is 104 Å². The summed E-state index contributed by atoms with van der Waals surface area (Å²) in [5.41, 5.74) is 0.0802. The highest BCUT2D eigenvalue weighted by atomic mass is 31.2. The fourth-order valence-corrected chi connectivity index (χ4v) is 4.86. The number of nitrogens with zero attached hydrogens (tertiary/aromatic N) is 4. The van der Waals surface area contributed by atoms with E-state index in [9.17, 15) is 17.7 Å². The maximum absolute atomic E-state index is 13.8. The molecule has 1 aromatic carbocycles. The number of halogens is 3. The highest BCUT2D eigenvalue weighted by molar-refractivity contribution is 7.71. The number of benzene rings is 1. The predicted molar refractivity (Wildman–Crippen MR) is 116 cm³/mol. The van der Waals surface area contributed by atoms with Gasteiger partial charge in [-0.2, -0.15) is 18.3 Å². The SMILES string of the molecule is [C-]#[N+]c1ccc2c(-c3nc(Nc4cc(C)[nH]n4)ncc3C(F)(F)F)c[nH]c2c1P(C)(C)=O. The Morgan fingerprint density at radius 1 is 1.25 bits per heavy atom. The molecule has 4 rings (SSSR count). The van der Waals surface area contributed by atoms with Gasteiger partial charge in [-0.1, -0.05) is 12.1 Å². The molecule has 0 fully saturated rings. The van der Waals surface area contributed by atoms with Gasteiger partial charge in [-0.3, -0.25) is 5.10 Å². The van der Waals surface area contributed by atoms with E-state index in [0.717, 1.165) is 5.69 Å². The van der Waals surface area contributed by atoms with Gasteiger partial charge in [-0.15, -0.1) is 0 Å². The van der Waals surface area contributed by atoms with Crippen molar-refractivity contribution in [1.82, 2.24) is 25.1 Å². The predicted octanol–water partition coefficient (Wildman–Crippen LogP) is 5.22. The van der Waals surface area contributed by atoms with Crippen LogP contribution < -0.4 is 10.6 Å². The van der Waals surface area contributed by atoms with Crippen molar-refractivity contribution in [2.24, 2.45) is 0 Å². The number of anilines is 2. The highest BCUT2D eigenvalue weighted by Gasteiger charge is 2.36. The van der Waals surface area contributed by atoms with Gasteiger partial charge in [0.15, 0.2) is 11.5 Å². The fraction of sp³-hybridized carbons (Fsp3) is 0.200. The van der Waals surface area contributed by atoms with Crippen LogP contribution in [0.25, 0.3) is 27.0 Å². The maximum atomic E-state index is 13.8. The summed E-state index contributed by atoms with van der Waals surface area (Å²) in [5.74, 6) is 0.289. The molecule has 0 saturated heterocycles. The summed E-state index contributed by atoms with van der Waals surface area (Å²) >= 11 is 0. The van der Waals surface area contributed by atoms with Crippen molar-refractivity contribution in [2.45, 2.75) is 13.1 Å². The molecule has 3 N–H and O–H groups in total. The summed E-state index contributed by atoms with van der Waals surface area (Å²) in [6.07, 6.45) is -2.62. The third-order valence-electron chi connectivity index (χ3n) is 4.76. The van der Waals surface area contributed by atoms with E-state index in [1.807, 2.05) is 0 Å². The lowest BCUT2D eigenvalue weighted by molar-refractivity contribution is -0.137. The molecule has 0 amide bonds. The first-order valence-corrected chi connectivity index (χ1v) is 11.9. The smallest absolute Gasteiger partial charge is 0.361 e. The zero-order chi connectivity index (χ0) is 23.3. The molecule has 4 aromatic rings. The normalized spacial score (nSPS) is 12.2. The first-order valence-electron chi connectivity index (χ1n) is 9.30. The number of alkyl halides is 3. The van der Waals surface area contributed by atoms with Crippen molar-refractivity contribution in [3.8, 4) is 11.3 Å². The van der Waals surface area contributed by atoms with Crippen molar-refractivity contribution >= 4 is 40.8 Å². The van der Waals surface area contributed by atoms with E-state index in [1.54, 1.807) is 13.0 Å². The molecule has 3 heterocycles. The summed E-state index contributed by atoms with van der Waals surface area (Å²) in [4.78, 5) is 14.2. The molecule has 3 aromatic heterocycles. The van der Waals surface area contributed by atoms with Crippen LogP contribution in [-0.2, 0) is 10.7 Å². The van der Waals surface area contributed by atoms with E-state index < -0.39 is 18.9 Å². The zero-order valence-corrected chi connectivity index (χ0v) is 18.1. The molecule has 32 heavy (non-hydrogen) atoms.